The van der Waals surface area contributed by atoms with Crippen molar-refractivity contribution < 1.29 is 40.8 Å². The number of aromatic amines is 1. The number of carbonyl (C=O) groups is 1. The first-order valence-corrected chi connectivity index (χ1v) is 15.1. The standard InChI is InChI=1S/C30H32N3O10P/c1-19(27(36)40-17-20-9-4-3-5-10-20)32-44(39,43-23-14-8-12-21-11-6-7-13-22(21)23)41-18-24-26(35)30(2,38)28(42-24)33-16-15-25(34)31-29(33)37/h3-16,19,24,26,28,35,38H,17-18H2,1-2H3,(H,32,39)(H,31,34,37)/t19?,24-,26-,28-,30-,44?/m1/s1/i15D,16D. The van der Waals surface area contributed by atoms with Gasteiger partial charge < -0.3 is 24.2 Å². The first kappa shape index (κ1) is 28.7. The molecule has 2 heterocycles. The van der Waals surface area contributed by atoms with E-state index in [0.29, 0.717) is 9.95 Å². The van der Waals surface area contributed by atoms with Gasteiger partial charge in [0.25, 0.3) is 5.56 Å². The van der Waals surface area contributed by atoms with Crippen molar-refractivity contribution in [1.82, 2.24) is 14.6 Å². The van der Waals surface area contributed by atoms with Crippen LogP contribution in [0.25, 0.3) is 10.8 Å². The highest BCUT2D eigenvalue weighted by Gasteiger charge is 2.54. The zero-order chi connectivity index (χ0) is 33.2. The smallest absolute Gasteiger partial charge is 0.459 e. The van der Waals surface area contributed by atoms with E-state index in [2.05, 4.69) is 5.09 Å². The maximum atomic E-state index is 14.3. The number of nitrogens with one attached hydrogen (secondary N) is 2. The van der Waals surface area contributed by atoms with Crippen LogP contribution in [0.5, 0.6) is 5.75 Å². The van der Waals surface area contributed by atoms with Crippen molar-refractivity contribution in [3.8, 4) is 5.75 Å². The molecule has 232 valence electrons. The number of fused-ring (bicyclic) bond motifs is 1. The van der Waals surface area contributed by atoms with Crippen molar-refractivity contribution in [2.75, 3.05) is 6.61 Å². The minimum absolute atomic E-state index is 0.0399. The Hall–Kier alpha value is -4.10. The van der Waals surface area contributed by atoms with Crippen LogP contribution >= 0.6 is 7.75 Å². The quantitative estimate of drug-likeness (QED) is 0.142. The van der Waals surface area contributed by atoms with Gasteiger partial charge in [0.15, 0.2) is 6.23 Å². The fourth-order valence-electron chi connectivity index (χ4n) is 4.68. The molecule has 3 aromatic carbocycles. The number of hydrogen-bond acceptors (Lipinski definition) is 10. The zero-order valence-electron chi connectivity index (χ0n) is 25.7. The lowest BCUT2D eigenvalue weighted by Crippen LogP contribution is -2.47. The van der Waals surface area contributed by atoms with E-state index < -0.39 is 73.9 Å². The van der Waals surface area contributed by atoms with E-state index in [1.807, 2.05) is 29.2 Å². The number of aliphatic hydroxyl groups is 2. The largest absolute Gasteiger partial charge is 0.460 e. The van der Waals surface area contributed by atoms with Gasteiger partial charge in [0.1, 0.15) is 36.2 Å². The number of hydrogen-bond donors (Lipinski definition) is 4. The van der Waals surface area contributed by atoms with Crippen LogP contribution in [0.15, 0.2) is 94.6 Å². The lowest BCUT2D eigenvalue weighted by atomic mass is 9.96. The van der Waals surface area contributed by atoms with Gasteiger partial charge in [-0.25, -0.2) is 9.36 Å². The van der Waals surface area contributed by atoms with Gasteiger partial charge in [-0.1, -0.05) is 66.7 Å². The van der Waals surface area contributed by atoms with Crippen LogP contribution in [0.2, 0.25) is 0 Å². The third-order valence-corrected chi connectivity index (χ3v) is 8.65. The third-order valence-electron chi connectivity index (χ3n) is 7.02. The normalized spacial score (nSPS) is 24.2. The van der Waals surface area contributed by atoms with Gasteiger partial charge in [0.2, 0.25) is 0 Å². The molecule has 13 nitrogen and oxygen atoms in total. The molecule has 1 aromatic heterocycles. The second-order valence-corrected chi connectivity index (χ2v) is 12.1. The van der Waals surface area contributed by atoms with E-state index in [9.17, 15) is 29.2 Å². The summed E-state index contributed by atoms with van der Waals surface area (Å²) in [5.41, 5.74) is -3.77. The second-order valence-electron chi connectivity index (χ2n) is 10.4. The molecule has 5 rings (SSSR count). The van der Waals surface area contributed by atoms with Crippen LogP contribution in [-0.2, 0) is 30.0 Å². The average molecular weight is 628 g/mol. The summed E-state index contributed by atoms with van der Waals surface area (Å²) < 4.78 is 53.3. The number of carbonyl (C=O) groups excluding carboxylic acids is 1. The molecule has 4 N–H and O–H groups in total. The lowest BCUT2D eigenvalue weighted by molar-refractivity contribution is -0.146. The maximum Gasteiger partial charge on any atom is 0.459 e. The maximum absolute atomic E-state index is 14.3. The number of ether oxygens (including phenoxy) is 2. The van der Waals surface area contributed by atoms with Crippen LogP contribution in [0.1, 0.15) is 28.4 Å². The van der Waals surface area contributed by atoms with Crippen LogP contribution in [0.3, 0.4) is 0 Å². The summed E-state index contributed by atoms with van der Waals surface area (Å²) in [5.74, 6) is -0.612. The van der Waals surface area contributed by atoms with E-state index in [4.69, 9.17) is 21.3 Å². The molecule has 0 amide bonds. The Bertz CT molecular complexity index is 1900. The highest BCUT2D eigenvalue weighted by molar-refractivity contribution is 7.52. The van der Waals surface area contributed by atoms with Crippen molar-refractivity contribution in [2.45, 2.75) is 50.5 Å². The molecule has 4 aromatic rings. The van der Waals surface area contributed by atoms with Gasteiger partial charge in [-0.3, -0.25) is 23.7 Å². The fourth-order valence-corrected chi connectivity index (χ4v) is 6.20. The minimum atomic E-state index is -4.50. The van der Waals surface area contributed by atoms with Crippen LogP contribution in [0, 0.1) is 0 Å². The number of aliphatic hydroxyl groups excluding tert-OH is 1. The zero-order valence-corrected chi connectivity index (χ0v) is 24.6. The number of H-pyrrole nitrogens is 1. The molecule has 0 bridgehead atoms. The van der Waals surface area contributed by atoms with Crippen molar-refractivity contribution >= 4 is 24.5 Å². The predicted octanol–water partition coefficient (Wildman–Crippen LogP) is 2.62. The molecular weight excluding hydrogens is 593 g/mol. The van der Waals surface area contributed by atoms with Crippen molar-refractivity contribution in [3.63, 3.8) is 0 Å². The molecular formula is C30H32N3O10P. The Kier molecular flexibility index (Phi) is 8.38. The van der Waals surface area contributed by atoms with Crippen molar-refractivity contribution in [2.24, 2.45) is 0 Å². The Labute approximate surface area is 254 Å². The topological polar surface area (TPSA) is 178 Å². The summed E-state index contributed by atoms with van der Waals surface area (Å²) in [7, 11) is -4.50. The van der Waals surface area contributed by atoms with Crippen LogP contribution in [0.4, 0.5) is 0 Å². The summed E-state index contributed by atoms with van der Waals surface area (Å²) in [5, 5.41) is 26.0. The molecule has 1 fully saturated rings. The van der Waals surface area contributed by atoms with E-state index in [0.717, 1.165) is 17.9 Å². The lowest BCUT2D eigenvalue weighted by Gasteiger charge is -2.27. The van der Waals surface area contributed by atoms with Gasteiger partial charge in [0.05, 0.1) is 9.35 Å². The first-order chi connectivity index (χ1) is 21.8. The van der Waals surface area contributed by atoms with E-state index >= 15 is 0 Å². The van der Waals surface area contributed by atoms with Gasteiger partial charge in [0, 0.05) is 17.6 Å². The second kappa shape index (κ2) is 12.9. The number of rotatable bonds is 11. The van der Waals surface area contributed by atoms with Gasteiger partial charge in [-0.2, -0.15) is 5.09 Å². The van der Waals surface area contributed by atoms with Crippen LogP contribution < -0.4 is 20.9 Å². The molecule has 0 spiro atoms. The molecule has 0 saturated carbocycles. The first-order valence-electron chi connectivity index (χ1n) is 14.6. The summed E-state index contributed by atoms with van der Waals surface area (Å²) >= 11 is 0. The Morgan fingerprint density at radius 3 is 2.64 bits per heavy atom. The van der Waals surface area contributed by atoms with E-state index in [1.54, 1.807) is 48.5 Å². The Balaban J connectivity index is 1.39. The minimum Gasteiger partial charge on any atom is -0.460 e. The number of benzene rings is 3. The molecule has 0 radical (unpaired) electrons. The van der Waals surface area contributed by atoms with E-state index in [1.165, 1.54) is 6.92 Å². The SMILES string of the molecule is [2H]c1c([2H])n([C@@H]2O[C@H](COP(=O)(NC(C)C(=O)OCc3ccccc3)Oc3cccc4ccccc34)[C@@H](O)[C@@]2(C)O)c(=O)[nH]c1=O. The summed E-state index contributed by atoms with van der Waals surface area (Å²) in [4.78, 5) is 39.0. The number of esters is 1. The van der Waals surface area contributed by atoms with Crippen molar-refractivity contribution in [3.05, 3.63) is 111 Å². The van der Waals surface area contributed by atoms with Gasteiger partial charge in [-0.15, -0.1) is 0 Å². The Morgan fingerprint density at radius 1 is 1.16 bits per heavy atom. The third kappa shape index (κ3) is 6.83. The molecule has 1 saturated heterocycles. The highest BCUT2D eigenvalue weighted by atomic mass is 31.2. The van der Waals surface area contributed by atoms with Gasteiger partial charge >= 0.3 is 19.4 Å². The number of nitrogens with zero attached hydrogens (tertiary/aromatic N) is 1. The predicted molar refractivity (Wildman–Crippen MR) is 159 cm³/mol. The average Bonchev–Trinajstić information content (AvgIpc) is 3.25. The molecule has 44 heavy (non-hydrogen) atoms. The molecule has 6 atom stereocenters. The summed E-state index contributed by atoms with van der Waals surface area (Å²) in [6.07, 6.45) is -5.83. The fraction of sp³-hybridized carbons (Fsp3) is 0.300. The summed E-state index contributed by atoms with van der Waals surface area (Å²) in [6.45, 7) is 1.78. The van der Waals surface area contributed by atoms with Crippen LogP contribution in [-0.4, -0.2) is 56.2 Å². The van der Waals surface area contributed by atoms with Gasteiger partial charge in [-0.05, 0) is 30.9 Å². The molecule has 0 aliphatic carbocycles. The summed E-state index contributed by atoms with van der Waals surface area (Å²) in [6, 6.07) is 19.0. The van der Waals surface area contributed by atoms with E-state index in [-0.39, 0.29) is 12.4 Å². The highest BCUT2D eigenvalue weighted by Crippen LogP contribution is 2.48. The van der Waals surface area contributed by atoms with Crippen molar-refractivity contribution in [1.29, 1.82) is 0 Å². The monoisotopic (exact) mass is 627 g/mol. The molecule has 14 heteroatoms. The number of aromatic nitrogens is 2. The molecule has 1 aliphatic rings. The Morgan fingerprint density at radius 2 is 1.86 bits per heavy atom. The molecule has 1 aliphatic heterocycles. The molecule has 2 unspecified atom stereocenters.